The van der Waals surface area contributed by atoms with Crippen LogP contribution in [0.5, 0.6) is 0 Å². The molecule has 0 unspecified atom stereocenters. The zero-order chi connectivity index (χ0) is 25.9. The van der Waals surface area contributed by atoms with E-state index < -0.39 is 5.95 Å². The SMILES string of the molecule is N#Cc1ccc2c(c1)c1c(n2C(=O)NCc2ccnc(F)c2)CCN(CC=Cc2ccc(Cl)c(Cl)c2)C1. The Morgan fingerprint density at radius 1 is 1.16 bits per heavy atom. The number of rotatable bonds is 5. The molecular weight excluding hydrogens is 512 g/mol. The molecule has 37 heavy (non-hydrogen) atoms. The Morgan fingerprint density at radius 2 is 2.03 bits per heavy atom. The van der Waals surface area contributed by atoms with Crippen LogP contribution in [0.1, 0.15) is 27.9 Å². The molecule has 0 aliphatic carbocycles. The summed E-state index contributed by atoms with van der Waals surface area (Å²) in [6.07, 6.45) is 6.12. The molecule has 4 aromatic rings. The van der Waals surface area contributed by atoms with Gasteiger partial charge in [-0.15, -0.1) is 0 Å². The zero-order valence-corrected chi connectivity index (χ0v) is 21.2. The van der Waals surface area contributed by atoms with Gasteiger partial charge >= 0.3 is 6.03 Å². The van der Waals surface area contributed by atoms with Gasteiger partial charge in [-0.2, -0.15) is 9.65 Å². The first-order chi connectivity index (χ1) is 17.9. The Kier molecular flexibility index (Phi) is 7.24. The number of halogens is 3. The van der Waals surface area contributed by atoms with E-state index in [0.717, 1.165) is 34.3 Å². The van der Waals surface area contributed by atoms with Crippen LogP contribution in [-0.4, -0.2) is 33.6 Å². The van der Waals surface area contributed by atoms with Crippen LogP contribution >= 0.6 is 23.2 Å². The number of carbonyl (C=O) groups excluding carboxylic acids is 1. The highest BCUT2D eigenvalue weighted by Crippen LogP contribution is 2.32. The van der Waals surface area contributed by atoms with Gasteiger partial charge in [-0.25, -0.2) is 9.78 Å². The summed E-state index contributed by atoms with van der Waals surface area (Å²) in [5.41, 5.74) is 4.83. The van der Waals surface area contributed by atoms with E-state index in [1.807, 2.05) is 30.3 Å². The van der Waals surface area contributed by atoms with Crippen molar-refractivity contribution in [1.82, 2.24) is 19.8 Å². The molecule has 2 aromatic carbocycles. The number of fused-ring (bicyclic) bond motifs is 3. The largest absolute Gasteiger partial charge is 0.333 e. The second-order valence-corrected chi connectivity index (χ2v) is 9.63. The molecule has 0 bridgehead atoms. The lowest BCUT2D eigenvalue weighted by molar-refractivity contribution is 0.240. The molecule has 3 heterocycles. The first kappa shape index (κ1) is 25.0. The molecule has 0 fully saturated rings. The predicted molar refractivity (Wildman–Crippen MR) is 143 cm³/mol. The number of benzene rings is 2. The number of nitrogens with zero attached hydrogens (tertiary/aromatic N) is 4. The number of nitriles is 1. The van der Waals surface area contributed by atoms with E-state index in [-0.39, 0.29) is 12.6 Å². The van der Waals surface area contributed by atoms with Crippen LogP contribution in [0.25, 0.3) is 17.0 Å². The Balaban J connectivity index is 1.39. The van der Waals surface area contributed by atoms with Gasteiger partial charge in [0.25, 0.3) is 0 Å². The van der Waals surface area contributed by atoms with E-state index in [1.54, 1.807) is 22.8 Å². The average molecular weight is 534 g/mol. The van der Waals surface area contributed by atoms with E-state index in [4.69, 9.17) is 23.2 Å². The minimum atomic E-state index is -0.590. The minimum Gasteiger partial charge on any atom is -0.333 e. The standard InChI is InChI=1S/C28H22Cl2FN5O/c29-23-5-3-18(13-24(23)30)2-1-10-35-11-8-26-22(17-35)21-12-19(15-32)4-6-25(21)36(26)28(37)34-16-20-7-9-33-27(31)14-20/h1-7,9,12-14H,8,10-11,16-17H2,(H,34,37). The quantitative estimate of drug-likeness (QED) is 0.310. The van der Waals surface area contributed by atoms with Crippen LogP contribution in [0.3, 0.4) is 0 Å². The molecule has 0 spiro atoms. The molecule has 5 rings (SSSR count). The fraction of sp³-hybridized carbons (Fsp3) is 0.179. The number of carbonyl (C=O) groups is 1. The van der Waals surface area contributed by atoms with Crippen LogP contribution in [0.15, 0.2) is 60.8 Å². The Bertz CT molecular complexity index is 1570. The first-order valence-electron chi connectivity index (χ1n) is 11.7. The van der Waals surface area contributed by atoms with Crippen molar-refractivity contribution >= 4 is 46.2 Å². The van der Waals surface area contributed by atoms with Crippen LogP contribution in [0, 0.1) is 17.3 Å². The molecule has 186 valence electrons. The Labute approximate surface area is 223 Å². The molecule has 6 nitrogen and oxygen atoms in total. The van der Waals surface area contributed by atoms with Gasteiger partial charge < -0.3 is 5.32 Å². The third-order valence-electron chi connectivity index (χ3n) is 6.41. The van der Waals surface area contributed by atoms with Crippen molar-refractivity contribution in [3.63, 3.8) is 0 Å². The summed E-state index contributed by atoms with van der Waals surface area (Å²) in [6.45, 7) is 2.30. The number of hydrogen-bond acceptors (Lipinski definition) is 4. The number of pyridine rings is 1. The predicted octanol–water partition coefficient (Wildman–Crippen LogP) is 6.18. The van der Waals surface area contributed by atoms with Crippen molar-refractivity contribution < 1.29 is 9.18 Å². The number of amides is 1. The van der Waals surface area contributed by atoms with E-state index in [0.29, 0.717) is 40.7 Å². The molecule has 1 aliphatic heterocycles. The summed E-state index contributed by atoms with van der Waals surface area (Å²) in [6, 6.07) is 15.7. The van der Waals surface area contributed by atoms with Crippen molar-refractivity contribution in [3.05, 3.63) is 105 Å². The highest BCUT2D eigenvalue weighted by Gasteiger charge is 2.26. The summed E-state index contributed by atoms with van der Waals surface area (Å²) in [7, 11) is 0. The van der Waals surface area contributed by atoms with Gasteiger partial charge in [0, 0.05) is 49.9 Å². The van der Waals surface area contributed by atoms with Crippen LogP contribution in [-0.2, 0) is 19.5 Å². The second kappa shape index (κ2) is 10.7. The lowest BCUT2D eigenvalue weighted by Gasteiger charge is -2.27. The van der Waals surface area contributed by atoms with Gasteiger partial charge in [0.1, 0.15) is 0 Å². The van der Waals surface area contributed by atoms with E-state index >= 15 is 0 Å². The van der Waals surface area contributed by atoms with E-state index in [1.165, 1.54) is 12.3 Å². The molecular formula is C28H22Cl2FN5O. The molecule has 1 aliphatic rings. The third kappa shape index (κ3) is 5.37. The van der Waals surface area contributed by atoms with Crippen molar-refractivity contribution in [3.8, 4) is 6.07 Å². The summed E-state index contributed by atoms with van der Waals surface area (Å²) in [4.78, 5) is 19.1. The van der Waals surface area contributed by atoms with Crippen LogP contribution in [0.4, 0.5) is 9.18 Å². The van der Waals surface area contributed by atoms with Gasteiger partial charge in [-0.1, -0.05) is 41.4 Å². The summed E-state index contributed by atoms with van der Waals surface area (Å²) >= 11 is 12.1. The van der Waals surface area contributed by atoms with Crippen molar-refractivity contribution in [2.24, 2.45) is 0 Å². The fourth-order valence-electron chi connectivity index (χ4n) is 4.63. The average Bonchev–Trinajstić information content (AvgIpc) is 3.22. The van der Waals surface area contributed by atoms with Crippen LogP contribution in [0.2, 0.25) is 10.0 Å². The molecule has 0 saturated heterocycles. The zero-order valence-electron chi connectivity index (χ0n) is 19.7. The number of aromatic nitrogens is 2. The van der Waals surface area contributed by atoms with Gasteiger partial charge in [0.2, 0.25) is 5.95 Å². The van der Waals surface area contributed by atoms with Gasteiger partial charge in [0.05, 0.1) is 27.2 Å². The maximum atomic E-state index is 13.4. The lowest BCUT2D eigenvalue weighted by Crippen LogP contribution is -2.34. The normalized spacial score (nSPS) is 13.6. The lowest BCUT2D eigenvalue weighted by atomic mass is 10.0. The highest BCUT2D eigenvalue weighted by molar-refractivity contribution is 6.42. The monoisotopic (exact) mass is 533 g/mol. The summed E-state index contributed by atoms with van der Waals surface area (Å²) in [5, 5.41) is 14.3. The Morgan fingerprint density at radius 3 is 2.81 bits per heavy atom. The third-order valence-corrected chi connectivity index (χ3v) is 7.15. The maximum absolute atomic E-state index is 13.4. The van der Waals surface area contributed by atoms with Gasteiger partial charge in [-0.3, -0.25) is 9.47 Å². The molecule has 9 heteroatoms. The smallest absolute Gasteiger partial charge is 0.326 e. The molecule has 0 atom stereocenters. The van der Waals surface area contributed by atoms with Crippen molar-refractivity contribution in [2.75, 3.05) is 13.1 Å². The van der Waals surface area contributed by atoms with E-state index in [2.05, 4.69) is 27.3 Å². The first-order valence-corrected chi connectivity index (χ1v) is 12.5. The minimum absolute atomic E-state index is 0.175. The molecule has 1 N–H and O–H groups in total. The molecule has 1 amide bonds. The molecule has 0 saturated carbocycles. The van der Waals surface area contributed by atoms with Crippen molar-refractivity contribution in [1.29, 1.82) is 5.26 Å². The topological polar surface area (TPSA) is 74.0 Å². The second-order valence-electron chi connectivity index (χ2n) is 8.81. The summed E-state index contributed by atoms with van der Waals surface area (Å²) < 4.78 is 15.1. The fourth-order valence-corrected chi connectivity index (χ4v) is 4.94. The van der Waals surface area contributed by atoms with Gasteiger partial charge in [0.15, 0.2) is 0 Å². The number of nitrogens with one attached hydrogen (secondary N) is 1. The maximum Gasteiger partial charge on any atom is 0.326 e. The molecule has 0 radical (unpaired) electrons. The van der Waals surface area contributed by atoms with Crippen LogP contribution < -0.4 is 5.32 Å². The molecule has 2 aromatic heterocycles. The highest BCUT2D eigenvalue weighted by atomic mass is 35.5. The van der Waals surface area contributed by atoms with Gasteiger partial charge in [-0.05, 0) is 59.2 Å². The number of hydrogen-bond donors (Lipinski definition) is 1. The van der Waals surface area contributed by atoms with E-state index in [9.17, 15) is 14.4 Å². The summed E-state index contributed by atoms with van der Waals surface area (Å²) in [5.74, 6) is -0.590. The Hall–Kier alpha value is -3.70. The van der Waals surface area contributed by atoms with Crippen molar-refractivity contribution in [2.45, 2.75) is 19.5 Å².